The Bertz CT molecular complexity index is 1810. The first-order valence-electron chi connectivity index (χ1n) is 39.1. The number of unbranched alkanes of at least 4 members (excludes halogenated alkanes) is 49. The van der Waals surface area contributed by atoms with Gasteiger partial charge in [-0.2, -0.15) is 0 Å². The van der Waals surface area contributed by atoms with Crippen molar-refractivity contribution in [1.29, 1.82) is 0 Å². The van der Waals surface area contributed by atoms with E-state index in [9.17, 15) is 5.53 Å². The molecule has 0 N–H and O–H groups in total. The zero-order valence-corrected chi connectivity index (χ0v) is 60.0. The second-order valence-electron chi connectivity index (χ2n) is 27.2. The summed E-state index contributed by atoms with van der Waals surface area (Å²) in [5.41, 5.74) is 21.8. The molecule has 0 atom stereocenters. The van der Waals surface area contributed by atoms with Crippen molar-refractivity contribution in [2.24, 2.45) is 0 Å². The van der Waals surface area contributed by atoms with E-state index in [1.807, 2.05) is 0 Å². The van der Waals surface area contributed by atoms with Crippen LogP contribution in [0.3, 0.4) is 0 Å². The molecule has 0 amide bonds. The van der Waals surface area contributed by atoms with Gasteiger partial charge in [0.25, 0.3) is 0 Å². The second-order valence-corrected chi connectivity index (χ2v) is 28.6. The summed E-state index contributed by atoms with van der Waals surface area (Å²) in [7, 11) is 0. The second kappa shape index (κ2) is 61.9. The average molecular weight is 1230 g/mol. The van der Waals surface area contributed by atoms with Crippen LogP contribution in [0, 0.1) is 0 Å². The van der Waals surface area contributed by atoms with Crippen molar-refractivity contribution in [3.8, 4) is 0 Å². The SMILES string of the molecule is CCCCCCCCCCCCCCCCCCCCCC[CH2][Ni][CH2]CCCCCCCCCCCCCCCCCCCCCC.CCCCCCCCc1cccc(C2=C(CCCC)C(CCCCC)=C(c3cccc(CCCC)c3)[N+]2=[N-])c1. The third-order valence-corrected chi connectivity index (χ3v) is 20.3. The van der Waals surface area contributed by atoms with Crippen LogP contribution < -0.4 is 0 Å². The smallest absolute Gasteiger partial charge is 0.493 e. The van der Waals surface area contributed by atoms with Crippen LogP contribution in [0.5, 0.6) is 0 Å². The van der Waals surface area contributed by atoms with Crippen LogP contribution in [-0.4, -0.2) is 4.70 Å². The average Bonchev–Trinajstić information content (AvgIpc) is 1.98. The van der Waals surface area contributed by atoms with Crippen LogP contribution >= 0.6 is 0 Å². The monoisotopic (exact) mass is 1230 g/mol. The van der Waals surface area contributed by atoms with Gasteiger partial charge < -0.3 is 5.53 Å². The molecule has 0 radical (unpaired) electrons. The summed E-state index contributed by atoms with van der Waals surface area (Å²) in [6.45, 7) is 13.7. The Labute approximate surface area is 545 Å². The molecule has 1 heterocycles. The van der Waals surface area contributed by atoms with Gasteiger partial charge in [-0.3, -0.25) is 0 Å². The van der Waals surface area contributed by atoms with Crippen LogP contribution in [0.25, 0.3) is 16.9 Å². The van der Waals surface area contributed by atoms with Crippen LogP contribution in [0.1, 0.15) is 430 Å². The summed E-state index contributed by atoms with van der Waals surface area (Å²) in [6.07, 6.45) is 82.7. The van der Waals surface area contributed by atoms with Crippen molar-refractivity contribution in [2.45, 2.75) is 431 Å². The molecule has 500 valence electrons. The number of hydrogen-bond donors (Lipinski definition) is 0. The molecule has 0 aliphatic carbocycles. The van der Waals surface area contributed by atoms with Crippen molar-refractivity contribution in [1.82, 2.24) is 0 Å². The van der Waals surface area contributed by atoms with Gasteiger partial charge in [-0.1, -0.05) is 252 Å². The maximum absolute atomic E-state index is 11.9. The van der Waals surface area contributed by atoms with Gasteiger partial charge in [0.1, 0.15) is 0 Å². The topological polar surface area (TPSA) is 25.3 Å². The minimum atomic E-state index is 1.02. The van der Waals surface area contributed by atoms with Gasteiger partial charge in [0.05, 0.1) is 0 Å². The summed E-state index contributed by atoms with van der Waals surface area (Å²) in [5.74, 6) is 0. The van der Waals surface area contributed by atoms with Gasteiger partial charge in [0.15, 0.2) is 0 Å². The predicted molar refractivity (Wildman–Crippen MR) is 385 cm³/mol. The number of benzene rings is 2. The van der Waals surface area contributed by atoms with Gasteiger partial charge in [-0.25, -0.2) is 4.70 Å². The molecule has 2 nitrogen and oxygen atoms in total. The normalized spacial score (nSPS) is 12.6. The number of hydrogen-bond acceptors (Lipinski definition) is 0. The van der Waals surface area contributed by atoms with Crippen LogP contribution in [0.4, 0.5) is 0 Å². The van der Waals surface area contributed by atoms with E-state index < -0.39 is 0 Å². The number of nitrogens with zero attached hydrogens (tertiary/aromatic N) is 2. The van der Waals surface area contributed by atoms with Gasteiger partial charge >= 0.3 is 166 Å². The minimum Gasteiger partial charge on any atom is -0.493 e. The Balaban J connectivity index is 0.000000595. The Morgan fingerprint density at radius 1 is 0.256 bits per heavy atom. The summed E-state index contributed by atoms with van der Waals surface area (Å²) in [5, 5.41) is 2.87. The molecule has 0 bridgehead atoms. The molecule has 2 aromatic rings. The third kappa shape index (κ3) is 43.7. The van der Waals surface area contributed by atoms with E-state index in [1.165, 1.54) is 373 Å². The predicted octanol–water partition coefficient (Wildman–Crippen LogP) is 30.2. The molecule has 1 aliphatic heterocycles. The Hall–Kier alpha value is -1.99. The van der Waals surface area contributed by atoms with Crippen molar-refractivity contribution in [3.05, 3.63) is 87.5 Å². The van der Waals surface area contributed by atoms with Gasteiger partial charge in [-0.05, 0) is 86.8 Å². The van der Waals surface area contributed by atoms with Crippen molar-refractivity contribution in [3.63, 3.8) is 0 Å². The van der Waals surface area contributed by atoms with E-state index in [0.29, 0.717) is 0 Å². The van der Waals surface area contributed by atoms with E-state index in [2.05, 4.69) is 105 Å². The quantitative estimate of drug-likeness (QED) is 0.0358. The van der Waals surface area contributed by atoms with Crippen molar-refractivity contribution >= 4 is 11.4 Å². The molecular formula is C83H148N2Ni. The van der Waals surface area contributed by atoms with Crippen LogP contribution in [0.2, 0.25) is 10.8 Å². The Kier molecular flexibility index (Phi) is 57.6. The fourth-order valence-corrected chi connectivity index (χ4v) is 14.4. The van der Waals surface area contributed by atoms with E-state index in [0.717, 1.165) is 61.0 Å². The fraction of sp³-hybridized carbons (Fsp3) is 0.807. The summed E-state index contributed by atoms with van der Waals surface area (Å²) < 4.78 is 1.56. The van der Waals surface area contributed by atoms with Gasteiger partial charge in [0, 0.05) is 22.3 Å². The maximum atomic E-state index is 11.9. The first-order valence-corrected chi connectivity index (χ1v) is 40.5. The fourth-order valence-electron chi connectivity index (χ4n) is 13.2. The molecule has 0 fully saturated rings. The van der Waals surface area contributed by atoms with E-state index in [-0.39, 0.29) is 0 Å². The Morgan fingerprint density at radius 2 is 0.477 bits per heavy atom. The molecule has 0 spiro atoms. The first kappa shape index (κ1) is 80.1. The molecule has 1 aliphatic rings. The first-order chi connectivity index (χ1) is 42.6. The molecule has 86 heavy (non-hydrogen) atoms. The van der Waals surface area contributed by atoms with E-state index in [1.54, 1.807) is 4.70 Å². The molecule has 2 aromatic carbocycles. The summed E-state index contributed by atoms with van der Waals surface area (Å²) >= 11 is 2.05. The number of rotatable bonds is 63. The van der Waals surface area contributed by atoms with E-state index in [4.69, 9.17) is 0 Å². The molecular weight excluding hydrogens is 1080 g/mol. The van der Waals surface area contributed by atoms with E-state index >= 15 is 0 Å². The standard InChI is InChI=1S/C37H54N2.2C23H47.Ni/c1-5-9-13-14-15-17-21-31-23-19-25-33(29-31)36-34(26-12-8-4)35(27-16-10-6-2)37(39(36)38)32-24-18-22-30(28-32)20-11-7-3;2*1-3-5-7-9-11-13-15-17-19-21-23-22-20-18-16-14-12-10-8-6-4-2;/h18-19,22-25,28-29H,5-17,20-21,26-27H2,1-4H3;2*1,3-23H2,2H3;. The molecule has 0 saturated carbocycles. The zero-order valence-electron chi connectivity index (χ0n) is 59.0. The Morgan fingerprint density at radius 3 is 0.779 bits per heavy atom. The van der Waals surface area contributed by atoms with Gasteiger partial charge in [0.2, 0.25) is 11.4 Å². The number of allylic oxidation sites excluding steroid dienone is 2. The minimum absolute atomic E-state index is 1.02. The summed E-state index contributed by atoms with van der Waals surface area (Å²) in [4.78, 5) is 0. The molecule has 0 aromatic heterocycles. The molecule has 0 saturated heterocycles. The molecule has 3 rings (SSSR count). The zero-order chi connectivity index (χ0) is 61.7. The third-order valence-electron chi connectivity index (χ3n) is 18.9. The molecule has 3 heteroatoms. The van der Waals surface area contributed by atoms with Gasteiger partial charge in [-0.15, -0.1) is 0 Å². The van der Waals surface area contributed by atoms with Crippen molar-refractivity contribution in [2.75, 3.05) is 0 Å². The van der Waals surface area contributed by atoms with Crippen LogP contribution in [0.15, 0.2) is 59.7 Å². The van der Waals surface area contributed by atoms with Crippen molar-refractivity contribution < 1.29 is 19.1 Å². The summed E-state index contributed by atoms with van der Waals surface area (Å²) in [6, 6.07) is 18.0. The number of aryl methyl sites for hydroxylation is 2. The molecule has 0 unspecified atom stereocenters. The van der Waals surface area contributed by atoms with Crippen LogP contribution in [-0.2, 0) is 27.3 Å².